The van der Waals surface area contributed by atoms with Gasteiger partial charge >= 0.3 is 12.2 Å². The van der Waals surface area contributed by atoms with Crippen molar-refractivity contribution in [1.29, 1.82) is 0 Å². The summed E-state index contributed by atoms with van der Waals surface area (Å²) in [4.78, 5) is 27.1. The van der Waals surface area contributed by atoms with E-state index in [9.17, 15) is 18.0 Å². The van der Waals surface area contributed by atoms with Crippen LogP contribution < -0.4 is 20.9 Å². The molecule has 3 N–H and O–H groups in total. The van der Waals surface area contributed by atoms with Crippen LogP contribution in [0.2, 0.25) is 0 Å². The molecule has 34 heavy (non-hydrogen) atoms. The van der Waals surface area contributed by atoms with Gasteiger partial charge in [-0.25, -0.2) is 14.8 Å². The van der Waals surface area contributed by atoms with Gasteiger partial charge in [0.25, 0.3) is 0 Å². The second-order valence-corrected chi connectivity index (χ2v) is 10.5. The van der Waals surface area contributed by atoms with Gasteiger partial charge in [-0.1, -0.05) is 0 Å². The lowest BCUT2D eigenvalue weighted by Crippen LogP contribution is -2.69. The lowest BCUT2D eigenvalue weighted by Gasteiger charge is -2.60. The monoisotopic (exact) mass is 482 g/mol. The van der Waals surface area contributed by atoms with Crippen LogP contribution in [-0.4, -0.2) is 95.9 Å². The fourth-order valence-electron chi connectivity index (χ4n) is 6.12. The van der Waals surface area contributed by atoms with Gasteiger partial charge in [0, 0.05) is 82.5 Å². The number of nitrogens with zero attached hydrogens (tertiary/aromatic N) is 5. The van der Waals surface area contributed by atoms with Crippen LogP contribution in [0.1, 0.15) is 32.3 Å². The highest BCUT2D eigenvalue weighted by molar-refractivity contribution is 5.76. The van der Waals surface area contributed by atoms with E-state index in [0.29, 0.717) is 24.5 Å². The minimum atomic E-state index is -4.46. The first-order valence-electron chi connectivity index (χ1n) is 12.0. The van der Waals surface area contributed by atoms with Gasteiger partial charge in [-0.15, -0.1) is 0 Å². The topological polar surface area (TPSA) is 88.7 Å². The Morgan fingerprint density at radius 3 is 2.38 bits per heavy atom. The van der Waals surface area contributed by atoms with E-state index >= 15 is 0 Å². The Balaban J connectivity index is 1.09. The summed E-state index contributed by atoms with van der Waals surface area (Å²) in [7, 11) is 0. The Morgan fingerprint density at radius 2 is 1.82 bits per heavy atom. The number of piperazine rings is 1. The lowest BCUT2D eigenvalue weighted by molar-refractivity contribution is -0.138. The first-order chi connectivity index (χ1) is 16.1. The number of carbonyl (C=O) groups excluding carboxylic acids is 1. The second kappa shape index (κ2) is 8.80. The molecule has 4 fully saturated rings. The molecule has 1 saturated carbocycles. The molecule has 1 unspecified atom stereocenters. The molecule has 2 amide bonds. The highest BCUT2D eigenvalue weighted by atomic mass is 19.4. The molecule has 0 radical (unpaired) electrons. The third-order valence-electron chi connectivity index (χ3n) is 7.59. The quantitative estimate of drug-likeness (QED) is 0.592. The fourth-order valence-corrected chi connectivity index (χ4v) is 6.12. The van der Waals surface area contributed by atoms with Crippen LogP contribution in [0.5, 0.6) is 0 Å². The van der Waals surface area contributed by atoms with Crippen LogP contribution >= 0.6 is 0 Å². The van der Waals surface area contributed by atoms with Crippen molar-refractivity contribution >= 4 is 12.0 Å². The van der Waals surface area contributed by atoms with E-state index in [1.807, 2.05) is 23.6 Å². The van der Waals surface area contributed by atoms with Crippen molar-refractivity contribution in [3.8, 4) is 0 Å². The summed E-state index contributed by atoms with van der Waals surface area (Å²) in [6, 6.07) is 0.440. The first kappa shape index (κ1) is 23.6. The molecule has 1 aliphatic carbocycles. The number of nitrogens with one attached hydrogen (secondary N) is 3. The number of carbonyl (C=O) groups is 1. The standard InChI is InChI=1S/C22H33F3N8O/c1-14-8-32(19-27-5-16(6-28-19)22(23,24)25)9-15(2)33(14)20(34)30-17-3-21(4-17)11-31(12-21)10-18-7-26-13-29-18/h5-6,14-15,17-18,26,29H,3-4,7-13H2,1-2H3,(H,30,34)/t14-,15+,18?. The number of hydrogen-bond acceptors (Lipinski definition) is 7. The van der Waals surface area contributed by atoms with Gasteiger partial charge in [-0.3, -0.25) is 5.32 Å². The van der Waals surface area contributed by atoms with Gasteiger partial charge in [0.2, 0.25) is 5.95 Å². The molecular weight excluding hydrogens is 449 g/mol. The molecule has 3 saturated heterocycles. The largest absolute Gasteiger partial charge is 0.419 e. The predicted molar refractivity (Wildman–Crippen MR) is 120 cm³/mol. The molecule has 3 aliphatic heterocycles. The van der Waals surface area contributed by atoms with Crippen LogP contribution in [0.25, 0.3) is 0 Å². The molecule has 188 valence electrons. The molecule has 3 atom stereocenters. The van der Waals surface area contributed by atoms with Crippen molar-refractivity contribution in [3.63, 3.8) is 0 Å². The molecular formula is C22H33F3N8O. The van der Waals surface area contributed by atoms with Crippen molar-refractivity contribution < 1.29 is 18.0 Å². The Hall–Kier alpha value is -2.18. The molecule has 12 heteroatoms. The van der Waals surface area contributed by atoms with Crippen molar-refractivity contribution in [2.24, 2.45) is 5.41 Å². The van der Waals surface area contributed by atoms with E-state index in [-0.39, 0.29) is 30.1 Å². The summed E-state index contributed by atoms with van der Waals surface area (Å²) in [6.45, 7) is 10.0. The maximum Gasteiger partial charge on any atom is 0.419 e. The van der Waals surface area contributed by atoms with Gasteiger partial charge in [-0.2, -0.15) is 13.2 Å². The van der Waals surface area contributed by atoms with Crippen molar-refractivity contribution in [2.45, 2.75) is 57.0 Å². The zero-order valence-electron chi connectivity index (χ0n) is 19.6. The normalized spacial score (nSPS) is 29.7. The third-order valence-corrected chi connectivity index (χ3v) is 7.59. The van der Waals surface area contributed by atoms with Crippen LogP contribution in [0.3, 0.4) is 0 Å². The number of aromatic nitrogens is 2. The minimum Gasteiger partial charge on any atom is -0.337 e. The third kappa shape index (κ3) is 4.67. The van der Waals surface area contributed by atoms with Gasteiger partial charge < -0.3 is 25.3 Å². The molecule has 1 aromatic heterocycles. The predicted octanol–water partition coefficient (Wildman–Crippen LogP) is 1.09. The van der Waals surface area contributed by atoms with Gasteiger partial charge in [0.1, 0.15) is 0 Å². The van der Waals surface area contributed by atoms with E-state index in [1.165, 1.54) is 0 Å². The van der Waals surface area contributed by atoms with E-state index in [4.69, 9.17) is 0 Å². The Morgan fingerprint density at radius 1 is 1.18 bits per heavy atom. The van der Waals surface area contributed by atoms with E-state index < -0.39 is 11.7 Å². The average Bonchev–Trinajstić information content (AvgIpc) is 3.22. The molecule has 1 aromatic rings. The lowest BCUT2D eigenvalue weighted by atomic mass is 9.60. The minimum absolute atomic E-state index is 0.0646. The second-order valence-electron chi connectivity index (χ2n) is 10.5. The number of halogens is 3. The highest BCUT2D eigenvalue weighted by Crippen LogP contribution is 2.48. The molecule has 1 spiro atoms. The number of amides is 2. The van der Waals surface area contributed by atoms with Crippen molar-refractivity contribution in [2.75, 3.05) is 50.8 Å². The van der Waals surface area contributed by atoms with E-state index in [1.54, 1.807) is 0 Å². The maximum absolute atomic E-state index is 13.0. The molecule has 0 aromatic carbocycles. The van der Waals surface area contributed by atoms with Gasteiger partial charge in [0.15, 0.2) is 0 Å². The number of likely N-dealkylation sites (tertiary alicyclic amines) is 1. The SMILES string of the molecule is C[C@@H]1CN(c2ncc(C(F)(F)F)cn2)C[C@H](C)N1C(=O)NC1CC2(C1)CN(CC1CNCN1)C2. The summed E-state index contributed by atoms with van der Waals surface area (Å²) in [5.41, 5.74) is -0.504. The Kier molecular flexibility index (Phi) is 6.09. The summed E-state index contributed by atoms with van der Waals surface area (Å²) in [5.74, 6) is 0.255. The smallest absolute Gasteiger partial charge is 0.337 e. The zero-order valence-corrected chi connectivity index (χ0v) is 19.6. The average molecular weight is 483 g/mol. The number of alkyl halides is 3. The van der Waals surface area contributed by atoms with Crippen LogP contribution in [0.15, 0.2) is 12.4 Å². The Bertz CT molecular complexity index is 865. The number of urea groups is 1. The van der Waals surface area contributed by atoms with Crippen LogP contribution in [0, 0.1) is 5.41 Å². The number of rotatable bonds is 4. The van der Waals surface area contributed by atoms with Crippen LogP contribution in [-0.2, 0) is 6.18 Å². The van der Waals surface area contributed by atoms with E-state index in [0.717, 1.165) is 58.1 Å². The highest BCUT2D eigenvalue weighted by Gasteiger charge is 2.53. The summed E-state index contributed by atoms with van der Waals surface area (Å²) in [6.07, 6.45) is -0.794. The molecule has 4 aliphatic rings. The number of hydrogen-bond donors (Lipinski definition) is 3. The molecule has 0 bridgehead atoms. The van der Waals surface area contributed by atoms with Gasteiger partial charge in [-0.05, 0) is 32.1 Å². The van der Waals surface area contributed by atoms with Crippen molar-refractivity contribution in [1.82, 2.24) is 35.7 Å². The molecule has 4 heterocycles. The first-order valence-corrected chi connectivity index (χ1v) is 12.0. The maximum atomic E-state index is 13.0. The summed E-state index contributed by atoms with van der Waals surface area (Å²) >= 11 is 0. The number of anilines is 1. The van der Waals surface area contributed by atoms with E-state index in [2.05, 4.69) is 30.8 Å². The molecule has 5 rings (SSSR count). The van der Waals surface area contributed by atoms with Crippen LogP contribution in [0.4, 0.5) is 23.9 Å². The zero-order chi connectivity index (χ0) is 24.1. The van der Waals surface area contributed by atoms with Crippen molar-refractivity contribution in [3.05, 3.63) is 18.0 Å². The van der Waals surface area contributed by atoms with Gasteiger partial charge in [0.05, 0.1) is 5.56 Å². The fraction of sp³-hybridized carbons (Fsp3) is 0.773. The Labute approximate surface area is 197 Å². The summed E-state index contributed by atoms with van der Waals surface area (Å²) < 4.78 is 38.4. The summed E-state index contributed by atoms with van der Waals surface area (Å²) in [5, 5.41) is 9.98. The molecule has 9 nitrogen and oxygen atoms in total.